The first-order valence-electron chi connectivity index (χ1n) is 11.4. The van der Waals surface area contributed by atoms with Crippen LogP contribution in [0.5, 0.6) is 0 Å². The largest absolute Gasteiger partial charge is 0.480 e. The molecular formula is C26H30N2O5. The standard InChI is InChI=1S/C26H30N2O5/c1-26(2,15-23(29)28-14-8-7-13-22(28)24(30)31)27-25(32)33-16-21-19-11-5-3-9-17(19)18-10-4-6-12-20(18)21/h3-6,9-12,21-22H,7-8,13-16H2,1-2H3,(H,27,32)(H,30,31). The molecule has 2 aromatic carbocycles. The molecule has 174 valence electrons. The van der Waals surface area contributed by atoms with Crippen LogP contribution in [0.25, 0.3) is 11.1 Å². The molecule has 1 heterocycles. The van der Waals surface area contributed by atoms with Crippen LogP contribution in [0.15, 0.2) is 48.5 Å². The summed E-state index contributed by atoms with van der Waals surface area (Å²) in [7, 11) is 0. The van der Waals surface area contributed by atoms with Crippen molar-refractivity contribution >= 4 is 18.0 Å². The molecule has 2 N–H and O–H groups in total. The highest BCUT2D eigenvalue weighted by atomic mass is 16.5. The summed E-state index contributed by atoms with van der Waals surface area (Å²) in [5.74, 6) is -1.30. The monoisotopic (exact) mass is 450 g/mol. The number of nitrogens with one attached hydrogen (secondary N) is 1. The number of alkyl carbamates (subject to hydrolysis) is 1. The zero-order chi connectivity index (χ0) is 23.6. The first-order chi connectivity index (χ1) is 15.8. The van der Waals surface area contributed by atoms with Gasteiger partial charge >= 0.3 is 12.1 Å². The third kappa shape index (κ3) is 4.87. The van der Waals surface area contributed by atoms with Crippen molar-refractivity contribution in [3.8, 4) is 11.1 Å². The minimum atomic E-state index is -0.981. The zero-order valence-corrected chi connectivity index (χ0v) is 19.0. The van der Waals surface area contributed by atoms with Crippen molar-refractivity contribution in [2.45, 2.75) is 57.0 Å². The van der Waals surface area contributed by atoms with Gasteiger partial charge in [-0.1, -0.05) is 48.5 Å². The summed E-state index contributed by atoms with van der Waals surface area (Å²) < 4.78 is 5.59. The SMILES string of the molecule is CC(C)(CC(=O)N1CCCCC1C(=O)O)NC(=O)OCC1c2ccccc2-c2ccccc21. The molecule has 1 aliphatic heterocycles. The lowest BCUT2D eigenvalue weighted by Gasteiger charge is -2.35. The van der Waals surface area contributed by atoms with E-state index in [-0.39, 0.29) is 24.9 Å². The molecule has 0 spiro atoms. The number of nitrogens with zero attached hydrogens (tertiary/aromatic N) is 1. The van der Waals surface area contributed by atoms with Crippen LogP contribution < -0.4 is 5.32 Å². The molecule has 33 heavy (non-hydrogen) atoms. The number of rotatable bonds is 6. The van der Waals surface area contributed by atoms with Crippen LogP contribution in [0.2, 0.25) is 0 Å². The Balaban J connectivity index is 1.37. The predicted octanol–water partition coefficient (Wildman–Crippen LogP) is 4.16. The molecule has 2 amide bonds. The van der Waals surface area contributed by atoms with Gasteiger partial charge in [0.05, 0.1) is 0 Å². The van der Waals surface area contributed by atoms with Gasteiger partial charge in [-0.05, 0) is 55.4 Å². The highest BCUT2D eigenvalue weighted by molar-refractivity contribution is 5.85. The minimum Gasteiger partial charge on any atom is -0.480 e. The Hall–Kier alpha value is -3.35. The van der Waals surface area contributed by atoms with Crippen LogP contribution in [-0.4, -0.2) is 52.7 Å². The number of hydrogen-bond acceptors (Lipinski definition) is 4. The number of piperidine rings is 1. The number of carboxylic acids is 1. The van der Waals surface area contributed by atoms with Gasteiger partial charge in [0, 0.05) is 24.4 Å². The van der Waals surface area contributed by atoms with Crippen LogP contribution in [0.3, 0.4) is 0 Å². The number of carboxylic acid groups (broad SMARTS) is 1. The second-order valence-electron chi connectivity index (χ2n) is 9.45. The number of carbonyl (C=O) groups excluding carboxylic acids is 2. The molecule has 2 aromatic rings. The summed E-state index contributed by atoms with van der Waals surface area (Å²) in [6.07, 6.45) is 1.45. The average Bonchev–Trinajstić information content (AvgIpc) is 3.11. The van der Waals surface area contributed by atoms with E-state index in [1.54, 1.807) is 13.8 Å². The molecule has 7 heteroatoms. The third-order valence-electron chi connectivity index (χ3n) is 6.49. The number of aliphatic carboxylic acids is 1. The van der Waals surface area contributed by atoms with E-state index >= 15 is 0 Å². The van der Waals surface area contributed by atoms with Crippen molar-refractivity contribution in [1.82, 2.24) is 10.2 Å². The van der Waals surface area contributed by atoms with E-state index in [9.17, 15) is 19.5 Å². The summed E-state index contributed by atoms with van der Waals surface area (Å²) in [6, 6.07) is 15.4. The number of ether oxygens (including phenoxy) is 1. The molecule has 7 nitrogen and oxygen atoms in total. The maximum absolute atomic E-state index is 12.8. The van der Waals surface area contributed by atoms with E-state index in [4.69, 9.17) is 4.74 Å². The number of fused-ring (bicyclic) bond motifs is 3. The second-order valence-corrected chi connectivity index (χ2v) is 9.45. The number of benzene rings is 2. The lowest BCUT2D eigenvalue weighted by molar-refractivity contribution is -0.152. The Morgan fingerprint density at radius 3 is 2.24 bits per heavy atom. The van der Waals surface area contributed by atoms with Crippen LogP contribution in [-0.2, 0) is 14.3 Å². The van der Waals surface area contributed by atoms with Crippen LogP contribution in [0.4, 0.5) is 4.79 Å². The fourth-order valence-electron chi connectivity index (χ4n) is 4.92. The van der Waals surface area contributed by atoms with Gasteiger partial charge in [0.1, 0.15) is 12.6 Å². The highest BCUT2D eigenvalue weighted by Crippen LogP contribution is 2.44. The predicted molar refractivity (Wildman–Crippen MR) is 124 cm³/mol. The quantitative estimate of drug-likeness (QED) is 0.689. The molecule has 2 aliphatic rings. The Kier molecular flexibility index (Phi) is 6.40. The molecular weight excluding hydrogens is 420 g/mol. The number of carbonyl (C=O) groups is 3. The van der Waals surface area contributed by atoms with Crippen molar-refractivity contribution in [1.29, 1.82) is 0 Å². The summed E-state index contributed by atoms with van der Waals surface area (Å²) in [5.41, 5.74) is 3.70. The van der Waals surface area contributed by atoms with Crippen molar-refractivity contribution < 1.29 is 24.2 Å². The summed E-state index contributed by atoms with van der Waals surface area (Å²) in [4.78, 5) is 38.4. The Morgan fingerprint density at radius 1 is 1.03 bits per heavy atom. The van der Waals surface area contributed by atoms with Gasteiger partial charge in [0.25, 0.3) is 0 Å². The zero-order valence-electron chi connectivity index (χ0n) is 19.0. The maximum atomic E-state index is 12.8. The second kappa shape index (κ2) is 9.25. The van der Waals surface area contributed by atoms with E-state index in [0.717, 1.165) is 35.1 Å². The lowest BCUT2D eigenvalue weighted by atomic mass is 9.96. The molecule has 0 radical (unpaired) electrons. The fourth-order valence-corrected chi connectivity index (χ4v) is 4.92. The van der Waals surface area contributed by atoms with E-state index in [2.05, 4.69) is 29.6 Å². The van der Waals surface area contributed by atoms with Crippen LogP contribution >= 0.6 is 0 Å². The highest BCUT2D eigenvalue weighted by Gasteiger charge is 2.35. The molecule has 0 bridgehead atoms. The Bertz CT molecular complexity index is 1020. The Morgan fingerprint density at radius 2 is 1.64 bits per heavy atom. The molecule has 1 fully saturated rings. The van der Waals surface area contributed by atoms with Gasteiger partial charge in [-0.3, -0.25) is 4.79 Å². The van der Waals surface area contributed by atoms with Crippen LogP contribution in [0, 0.1) is 0 Å². The van der Waals surface area contributed by atoms with Crippen LogP contribution in [0.1, 0.15) is 56.6 Å². The smallest absolute Gasteiger partial charge is 0.407 e. The van der Waals surface area contributed by atoms with Gasteiger partial charge < -0.3 is 20.1 Å². The van der Waals surface area contributed by atoms with Crippen molar-refractivity contribution in [3.63, 3.8) is 0 Å². The topological polar surface area (TPSA) is 95.9 Å². The van der Waals surface area contributed by atoms with Crippen molar-refractivity contribution in [2.24, 2.45) is 0 Å². The number of hydrogen-bond donors (Lipinski definition) is 2. The molecule has 1 aliphatic carbocycles. The van der Waals surface area contributed by atoms with Gasteiger partial charge in [0.15, 0.2) is 0 Å². The van der Waals surface area contributed by atoms with Crippen molar-refractivity contribution in [2.75, 3.05) is 13.2 Å². The van der Waals surface area contributed by atoms with Gasteiger partial charge in [-0.15, -0.1) is 0 Å². The normalized spacial score (nSPS) is 17.8. The van der Waals surface area contributed by atoms with Crippen molar-refractivity contribution in [3.05, 3.63) is 59.7 Å². The van der Waals surface area contributed by atoms with Gasteiger partial charge in [-0.2, -0.15) is 0 Å². The Labute approximate surface area is 193 Å². The molecule has 1 unspecified atom stereocenters. The summed E-state index contributed by atoms with van der Waals surface area (Å²) in [6.45, 7) is 4.10. The minimum absolute atomic E-state index is 0.000968. The van der Waals surface area contributed by atoms with E-state index in [1.807, 2.05) is 24.3 Å². The number of amides is 2. The first kappa shape index (κ1) is 22.8. The molecule has 4 rings (SSSR count). The molecule has 0 aromatic heterocycles. The lowest BCUT2D eigenvalue weighted by Crippen LogP contribution is -2.52. The van der Waals surface area contributed by atoms with Gasteiger partial charge in [-0.25, -0.2) is 9.59 Å². The molecule has 1 atom stereocenters. The summed E-state index contributed by atoms with van der Waals surface area (Å²) >= 11 is 0. The molecule has 0 saturated carbocycles. The molecule has 1 saturated heterocycles. The number of likely N-dealkylation sites (tertiary alicyclic amines) is 1. The van der Waals surface area contributed by atoms with E-state index in [0.29, 0.717) is 13.0 Å². The fraction of sp³-hybridized carbons (Fsp3) is 0.423. The first-order valence-corrected chi connectivity index (χ1v) is 11.4. The maximum Gasteiger partial charge on any atom is 0.407 e. The third-order valence-corrected chi connectivity index (χ3v) is 6.49. The average molecular weight is 451 g/mol. The van der Waals surface area contributed by atoms with E-state index < -0.39 is 23.6 Å². The summed E-state index contributed by atoms with van der Waals surface area (Å²) in [5, 5.41) is 12.2. The van der Waals surface area contributed by atoms with E-state index in [1.165, 1.54) is 4.90 Å². The van der Waals surface area contributed by atoms with Gasteiger partial charge in [0.2, 0.25) is 5.91 Å².